The molecule has 0 aliphatic heterocycles. The lowest BCUT2D eigenvalue weighted by molar-refractivity contribution is -0.148. The highest BCUT2D eigenvalue weighted by Crippen LogP contribution is 2.09. The highest BCUT2D eigenvalue weighted by molar-refractivity contribution is 5.83. The Labute approximate surface area is 170 Å². The smallest absolute Gasteiger partial charge is 0.329 e. The van der Waals surface area contributed by atoms with Gasteiger partial charge < -0.3 is 15.4 Å². The van der Waals surface area contributed by atoms with E-state index in [1.54, 1.807) is 0 Å². The molecule has 0 aliphatic carbocycles. The van der Waals surface area contributed by atoms with Crippen LogP contribution in [0.2, 0.25) is 0 Å². The molecule has 1 rings (SSSR count). The van der Waals surface area contributed by atoms with Crippen molar-refractivity contribution >= 4 is 12.0 Å². The normalized spacial score (nSPS) is 11.9. The first-order valence-electron chi connectivity index (χ1n) is 10.8. The Morgan fingerprint density at radius 3 is 2.14 bits per heavy atom. The van der Waals surface area contributed by atoms with Crippen LogP contribution in [0.5, 0.6) is 0 Å². The van der Waals surface area contributed by atoms with Gasteiger partial charge in [-0.1, -0.05) is 96.0 Å². The fourth-order valence-corrected chi connectivity index (χ4v) is 2.97. The van der Waals surface area contributed by atoms with Gasteiger partial charge in [0.05, 0.1) is 0 Å². The SMILES string of the molecule is CCCCCCCCCCNC(=O)N[C@H](C(=O)OCc1ccccc1)C(C)C. The third-order valence-corrected chi connectivity index (χ3v) is 4.75. The first-order valence-corrected chi connectivity index (χ1v) is 10.8. The number of rotatable bonds is 14. The maximum absolute atomic E-state index is 12.4. The second-order valence-corrected chi connectivity index (χ2v) is 7.69. The average molecular weight is 391 g/mol. The molecule has 0 saturated heterocycles. The van der Waals surface area contributed by atoms with Crippen molar-refractivity contribution in [3.63, 3.8) is 0 Å². The molecule has 0 radical (unpaired) electrons. The van der Waals surface area contributed by atoms with Crippen molar-refractivity contribution in [3.8, 4) is 0 Å². The van der Waals surface area contributed by atoms with Crippen molar-refractivity contribution < 1.29 is 14.3 Å². The Bertz CT molecular complexity index is 546. The zero-order valence-electron chi connectivity index (χ0n) is 17.8. The average Bonchev–Trinajstić information content (AvgIpc) is 2.69. The molecule has 2 N–H and O–H groups in total. The lowest BCUT2D eigenvalue weighted by Gasteiger charge is -2.21. The van der Waals surface area contributed by atoms with Gasteiger partial charge >= 0.3 is 12.0 Å². The first kappa shape index (κ1) is 24.0. The number of ether oxygens (including phenoxy) is 1. The molecular weight excluding hydrogens is 352 g/mol. The second-order valence-electron chi connectivity index (χ2n) is 7.69. The van der Waals surface area contributed by atoms with Crippen LogP contribution in [0.1, 0.15) is 77.7 Å². The third kappa shape index (κ3) is 11.0. The van der Waals surface area contributed by atoms with Crippen molar-refractivity contribution in [1.82, 2.24) is 10.6 Å². The standard InChI is InChI=1S/C23H38N2O3/c1-4-5-6-7-8-9-10-14-17-24-23(27)25-21(19(2)3)22(26)28-18-20-15-12-11-13-16-20/h11-13,15-16,19,21H,4-10,14,17-18H2,1-3H3,(H2,24,25,27)/t21-/m0/s1. The predicted octanol–water partition coefficient (Wildman–Crippen LogP) is 5.19. The Hall–Kier alpha value is -2.04. The predicted molar refractivity (Wildman–Crippen MR) is 114 cm³/mol. The summed E-state index contributed by atoms with van der Waals surface area (Å²) in [4.78, 5) is 24.5. The monoisotopic (exact) mass is 390 g/mol. The number of hydrogen-bond acceptors (Lipinski definition) is 3. The molecule has 28 heavy (non-hydrogen) atoms. The summed E-state index contributed by atoms with van der Waals surface area (Å²) in [6.45, 7) is 6.86. The van der Waals surface area contributed by atoms with E-state index in [0.717, 1.165) is 18.4 Å². The molecule has 1 aromatic rings. The van der Waals surface area contributed by atoms with Gasteiger partial charge in [-0.25, -0.2) is 9.59 Å². The summed E-state index contributed by atoms with van der Waals surface area (Å²) >= 11 is 0. The van der Waals surface area contributed by atoms with E-state index in [-0.39, 0.29) is 18.6 Å². The maximum Gasteiger partial charge on any atom is 0.329 e. The van der Waals surface area contributed by atoms with Gasteiger partial charge in [0, 0.05) is 6.54 Å². The molecule has 0 aromatic heterocycles. The Morgan fingerprint density at radius 1 is 0.929 bits per heavy atom. The molecule has 5 nitrogen and oxygen atoms in total. The number of benzene rings is 1. The van der Waals surface area contributed by atoms with Crippen LogP contribution >= 0.6 is 0 Å². The molecule has 5 heteroatoms. The fourth-order valence-electron chi connectivity index (χ4n) is 2.97. The van der Waals surface area contributed by atoms with E-state index in [9.17, 15) is 9.59 Å². The molecule has 1 aromatic carbocycles. The molecule has 0 saturated carbocycles. The van der Waals surface area contributed by atoms with Crippen LogP contribution in [-0.4, -0.2) is 24.6 Å². The van der Waals surface area contributed by atoms with Crippen molar-refractivity contribution in [2.75, 3.05) is 6.54 Å². The van der Waals surface area contributed by atoms with Crippen molar-refractivity contribution in [1.29, 1.82) is 0 Å². The molecule has 0 aliphatic rings. The van der Waals surface area contributed by atoms with Crippen LogP contribution in [-0.2, 0) is 16.1 Å². The van der Waals surface area contributed by atoms with E-state index in [1.165, 1.54) is 38.5 Å². The van der Waals surface area contributed by atoms with Crippen molar-refractivity contribution in [2.24, 2.45) is 5.92 Å². The molecule has 0 bridgehead atoms. The second kappa shape index (κ2) is 14.9. The summed E-state index contributed by atoms with van der Waals surface area (Å²) in [6, 6.07) is 8.57. The molecule has 0 spiro atoms. The zero-order chi connectivity index (χ0) is 20.6. The number of amides is 2. The summed E-state index contributed by atoms with van der Waals surface area (Å²) in [5.41, 5.74) is 0.928. The number of nitrogens with one attached hydrogen (secondary N) is 2. The van der Waals surface area contributed by atoms with Crippen LogP contribution < -0.4 is 10.6 Å². The van der Waals surface area contributed by atoms with Gasteiger partial charge in [-0.3, -0.25) is 0 Å². The maximum atomic E-state index is 12.4. The van der Waals surface area contributed by atoms with Crippen LogP contribution in [0.4, 0.5) is 4.79 Å². The van der Waals surface area contributed by atoms with E-state index >= 15 is 0 Å². The zero-order valence-corrected chi connectivity index (χ0v) is 17.8. The third-order valence-electron chi connectivity index (χ3n) is 4.75. The first-order chi connectivity index (χ1) is 13.5. The van der Waals surface area contributed by atoms with Crippen molar-refractivity contribution in [2.45, 2.75) is 84.8 Å². The van der Waals surface area contributed by atoms with E-state index in [4.69, 9.17) is 4.74 Å². The van der Waals surface area contributed by atoms with Crippen molar-refractivity contribution in [3.05, 3.63) is 35.9 Å². The Morgan fingerprint density at radius 2 is 1.54 bits per heavy atom. The summed E-state index contributed by atoms with van der Waals surface area (Å²) < 4.78 is 5.37. The van der Waals surface area contributed by atoms with Gasteiger partial charge in [0.25, 0.3) is 0 Å². The Balaban J connectivity index is 2.21. The highest BCUT2D eigenvalue weighted by Gasteiger charge is 2.25. The fraction of sp³-hybridized carbons (Fsp3) is 0.652. The molecular formula is C23H38N2O3. The number of hydrogen-bond donors (Lipinski definition) is 2. The molecule has 0 fully saturated rings. The number of urea groups is 1. The van der Waals surface area contributed by atoms with Gasteiger partial charge in [-0.2, -0.15) is 0 Å². The van der Waals surface area contributed by atoms with Gasteiger partial charge in [-0.05, 0) is 17.9 Å². The minimum Gasteiger partial charge on any atom is -0.459 e. The summed E-state index contributed by atoms with van der Waals surface area (Å²) in [5, 5.41) is 5.60. The molecule has 0 unspecified atom stereocenters. The molecule has 2 amide bonds. The number of carbonyl (C=O) groups is 2. The van der Waals surface area contributed by atoms with Crippen LogP contribution in [0.15, 0.2) is 30.3 Å². The Kier molecular flexibility index (Phi) is 12.8. The van der Waals surface area contributed by atoms with E-state index in [2.05, 4.69) is 17.6 Å². The molecule has 158 valence electrons. The molecule has 1 atom stereocenters. The quantitative estimate of drug-likeness (QED) is 0.339. The van der Waals surface area contributed by atoms with Gasteiger partial charge in [-0.15, -0.1) is 0 Å². The number of esters is 1. The van der Waals surface area contributed by atoms with Crippen LogP contribution in [0.25, 0.3) is 0 Å². The summed E-state index contributed by atoms with van der Waals surface area (Å²) in [5.74, 6) is -0.446. The summed E-state index contributed by atoms with van der Waals surface area (Å²) in [7, 11) is 0. The van der Waals surface area contributed by atoms with Gasteiger partial charge in [0.1, 0.15) is 12.6 Å². The van der Waals surface area contributed by atoms with Gasteiger partial charge in [0.2, 0.25) is 0 Å². The summed E-state index contributed by atoms with van der Waals surface area (Å²) in [6.07, 6.45) is 9.81. The largest absolute Gasteiger partial charge is 0.459 e. The molecule has 0 heterocycles. The topological polar surface area (TPSA) is 67.4 Å². The van der Waals surface area contributed by atoms with E-state index in [0.29, 0.717) is 6.54 Å². The van der Waals surface area contributed by atoms with Crippen LogP contribution in [0, 0.1) is 5.92 Å². The lowest BCUT2D eigenvalue weighted by Crippen LogP contribution is -2.49. The highest BCUT2D eigenvalue weighted by atomic mass is 16.5. The minimum atomic E-state index is -0.651. The van der Waals surface area contributed by atoms with E-state index < -0.39 is 12.0 Å². The number of unbranched alkanes of at least 4 members (excludes halogenated alkanes) is 7. The lowest BCUT2D eigenvalue weighted by atomic mass is 10.1. The van der Waals surface area contributed by atoms with E-state index in [1.807, 2.05) is 44.2 Å². The number of carbonyl (C=O) groups excluding carboxylic acids is 2. The minimum absolute atomic E-state index is 0.0443. The van der Waals surface area contributed by atoms with Crippen LogP contribution in [0.3, 0.4) is 0 Å². The van der Waals surface area contributed by atoms with Gasteiger partial charge in [0.15, 0.2) is 0 Å².